The number of benzene rings is 2. The van der Waals surface area contributed by atoms with Gasteiger partial charge < -0.3 is 15.4 Å². The lowest BCUT2D eigenvalue weighted by Gasteiger charge is -2.31. The highest BCUT2D eigenvalue weighted by Crippen LogP contribution is 2.59. The van der Waals surface area contributed by atoms with Crippen LogP contribution in [-0.2, 0) is 11.2 Å². The SMILES string of the molecule is C=C(F)C(=O)NCCNc1nc(OCC23CCCN2CCC3)nc2cc(-c3cccc4c3C3CC3C4)c(Cl)cc12. The number of anilines is 1. The zero-order valence-electron chi connectivity index (χ0n) is 22.4. The third kappa shape index (κ3) is 4.51. The van der Waals surface area contributed by atoms with E-state index in [2.05, 4.69) is 40.3 Å². The molecule has 0 bridgehead atoms. The van der Waals surface area contributed by atoms with Gasteiger partial charge >= 0.3 is 6.01 Å². The third-order valence-corrected chi connectivity index (χ3v) is 9.57. The average molecular weight is 562 g/mol. The van der Waals surface area contributed by atoms with Crippen molar-refractivity contribution >= 4 is 34.2 Å². The summed E-state index contributed by atoms with van der Waals surface area (Å²) in [6.45, 7) is 6.37. The fraction of sp³-hybridized carbons (Fsp3) is 0.452. The van der Waals surface area contributed by atoms with Gasteiger partial charge in [0.1, 0.15) is 12.4 Å². The number of fused-ring (bicyclic) bond motifs is 5. The molecule has 2 aromatic carbocycles. The first kappa shape index (κ1) is 25.7. The normalized spacial score (nSPS) is 22.1. The molecule has 40 heavy (non-hydrogen) atoms. The number of halogens is 2. The van der Waals surface area contributed by atoms with Gasteiger partial charge in [0.15, 0.2) is 5.83 Å². The first-order chi connectivity index (χ1) is 19.4. The lowest BCUT2D eigenvalue weighted by atomic mass is 9.93. The van der Waals surface area contributed by atoms with Crippen LogP contribution in [0.2, 0.25) is 5.02 Å². The first-order valence-corrected chi connectivity index (χ1v) is 14.7. The number of hydrogen-bond donors (Lipinski definition) is 2. The summed E-state index contributed by atoms with van der Waals surface area (Å²) >= 11 is 6.93. The maximum Gasteiger partial charge on any atom is 0.319 e. The lowest BCUT2D eigenvalue weighted by Crippen LogP contribution is -2.43. The van der Waals surface area contributed by atoms with Gasteiger partial charge in [-0.05, 0) is 92.3 Å². The molecule has 0 radical (unpaired) electrons. The van der Waals surface area contributed by atoms with Crippen LogP contribution in [0.15, 0.2) is 42.7 Å². The Morgan fingerprint density at radius 1 is 1.18 bits per heavy atom. The molecule has 2 atom stereocenters. The van der Waals surface area contributed by atoms with E-state index in [0.29, 0.717) is 35.9 Å². The number of carbonyl (C=O) groups is 1. The van der Waals surface area contributed by atoms with Crippen LogP contribution in [0, 0.1) is 5.92 Å². The van der Waals surface area contributed by atoms with Gasteiger partial charge in [-0.3, -0.25) is 9.69 Å². The molecule has 0 spiro atoms. The minimum absolute atomic E-state index is 0.0709. The lowest BCUT2D eigenvalue weighted by molar-refractivity contribution is -0.118. The van der Waals surface area contributed by atoms with Crippen molar-refractivity contribution in [2.75, 3.05) is 38.1 Å². The van der Waals surface area contributed by atoms with E-state index in [0.717, 1.165) is 54.7 Å². The molecule has 9 heteroatoms. The second-order valence-corrected chi connectivity index (χ2v) is 12.1. The summed E-state index contributed by atoms with van der Waals surface area (Å²) in [5, 5.41) is 7.17. The highest BCUT2D eigenvalue weighted by Gasteiger charge is 2.46. The van der Waals surface area contributed by atoms with Gasteiger partial charge in [0.25, 0.3) is 5.91 Å². The quantitative estimate of drug-likeness (QED) is 0.260. The zero-order chi connectivity index (χ0) is 27.4. The molecule has 3 aromatic rings. The van der Waals surface area contributed by atoms with E-state index in [4.69, 9.17) is 26.3 Å². The van der Waals surface area contributed by atoms with Crippen LogP contribution >= 0.6 is 11.6 Å². The molecule has 2 aliphatic heterocycles. The number of carbonyl (C=O) groups excluding carboxylic acids is 1. The first-order valence-electron chi connectivity index (χ1n) is 14.3. The summed E-state index contributed by atoms with van der Waals surface area (Å²) < 4.78 is 19.4. The van der Waals surface area contributed by atoms with E-state index < -0.39 is 11.7 Å². The standard InChI is InChI=1S/C31H33ClFN5O2/c1-18(33)29(39)35-10-9-34-28-24-15-25(32)23(21-6-2-5-19-13-20-14-22(20)27(19)21)16-26(24)36-30(37-28)40-17-31-7-3-11-38(31)12-4-8-31/h2,5-6,15-16,20,22H,1,3-4,7-14,17H2,(H,35,39)(H,34,36,37). The molecule has 3 fully saturated rings. The molecule has 7 rings (SSSR count). The number of aromatic nitrogens is 2. The molecule has 1 amide bonds. The summed E-state index contributed by atoms with van der Waals surface area (Å²) in [7, 11) is 0. The predicted octanol–water partition coefficient (Wildman–Crippen LogP) is 5.63. The molecule has 2 saturated heterocycles. The Kier molecular flexibility index (Phi) is 6.43. The number of hydrogen-bond acceptors (Lipinski definition) is 6. The fourth-order valence-corrected chi connectivity index (χ4v) is 7.48. The highest BCUT2D eigenvalue weighted by molar-refractivity contribution is 6.34. The molecule has 2 N–H and O–H groups in total. The van der Waals surface area contributed by atoms with Crippen LogP contribution in [0.25, 0.3) is 22.0 Å². The molecule has 7 nitrogen and oxygen atoms in total. The molecular formula is C31H33ClFN5O2. The summed E-state index contributed by atoms with van der Waals surface area (Å²) in [6, 6.07) is 10.8. The van der Waals surface area contributed by atoms with Crippen LogP contribution in [-0.4, -0.2) is 59.1 Å². The van der Waals surface area contributed by atoms with Crippen molar-refractivity contribution in [3.8, 4) is 17.1 Å². The number of ether oxygens (including phenoxy) is 1. The van der Waals surface area contributed by atoms with E-state index in [1.807, 2.05) is 12.1 Å². The summed E-state index contributed by atoms with van der Waals surface area (Å²) in [4.78, 5) is 23.7. The Morgan fingerprint density at radius 2 is 2.00 bits per heavy atom. The van der Waals surface area contributed by atoms with Gasteiger partial charge in [-0.15, -0.1) is 0 Å². The van der Waals surface area contributed by atoms with Gasteiger partial charge in [0.05, 0.1) is 11.1 Å². The monoisotopic (exact) mass is 561 g/mol. The maximum atomic E-state index is 13.1. The van der Waals surface area contributed by atoms with Crippen molar-refractivity contribution in [3.05, 3.63) is 58.9 Å². The second kappa shape index (κ2) is 10.00. The van der Waals surface area contributed by atoms with Gasteiger partial charge in [0.2, 0.25) is 0 Å². The number of nitrogens with one attached hydrogen (secondary N) is 2. The molecular weight excluding hydrogens is 529 g/mol. The van der Waals surface area contributed by atoms with Crippen LogP contribution in [0.3, 0.4) is 0 Å². The number of nitrogens with zero attached hydrogens (tertiary/aromatic N) is 3. The molecule has 2 aliphatic carbocycles. The highest BCUT2D eigenvalue weighted by atomic mass is 35.5. The van der Waals surface area contributed by atoms with Gasteiger partial charge in [-0.2, -0.15) is 9.97 Å². The topological polar surface area (TPSA) is 79.4 Å². The Morgan fingerprint density at radius 3 is 2.80 bits per heavy atom. The van der Waals surface area contributed by atoms with Crippen LogP contribution < -0.4 is 15.4 Å². The largest absolute Gasteiger partial charge is 0.461 e. The van der Waals surface area contributed by atoms with Crippen LogP contribution in [0.1, 0.15) is 49.1 Å². The van der Waals surface area contributed by atoms with Crippen LogP contribution in [0.4, 0.5) is 10.2 Å². The van der Waals surface area contributed by atoms with E-state index >= 15 is 0 Å². The minimum Gasteiger partial charge on any atom is -0.461 e. The average Bonchev–Trinajstić information content (AvgIpc) is 3.24. The van der Waals surface area contributed by atoms with Crippen molar-refractivity contribution in [2.24, 2.45) is 5.92 Å². The smallest absolute Gasteiger partial charge is 0.319 e. The van der Waals surface area contributed by atoms with Crippen molar-refractivity contribution in [1.29, 1.82) is 0 Å². The third-order valence-electron chi connectivity index (χ3n) is 9.26. The Hall–Kier alpha value is -3.23. The van der Waals surface area contributed by atoms with Gasteiger partial charge in [0, 0.05) is 29.1 Å². The Balaban J connectivity index is 1.22. The predicted molar refractivity (Wildman–Crippen MR) is 155 cm³/mol. The summed E-state index contributed by atoms with van der Waals surface area (Å²) in [5.41, 5.74) is 5.83. The molecule has 1 saturated carbocycles. The zero-order valence-corrected chi connectivity index (χ0v) is 23.2. The fourth-order valence-electron chi connectivity index (χ4n) is 7.22. The Bertz CT molecular complexity index is 1520. The van der Waals surface area contributed by atoms with Crippen molar-refractivity contribution in [1.82, 2.24) is 20.2 Å². The maximum absolute atomic E-state index is 13.1. The van der Waals surface area contributed by atoms with E-state index in [9.17, 15) is 9.18 Å². The summed E-state index contributed by atoms with van der Waals surface area (Å²) in [5.74, 6) is 0.134. The van der Waals surface area contributed by atoms with E-state index in [-0.39, 0.29) is 12.1 Å². The van der Waals surface area contributed by atoms with Gasteiger partial charge in [-0.1, -0.05) is 36.4 Å². The Labute approximate surface area is 238 Å². The van der Waals surface area contributed by atoms with Gasteiger partial charge in [-0.25, -0.2) is 4.39 Å². The molecule has 2 unspecified atom stereocenters. The molecule has 1 aromatic heterocycles. The van der Waals surface area contributed by atoms with E-state index in [1.54, 1.807) is 0 Å². The number of rotatable bonds is 9. The van der Waals surface area contributed by atoms with Crippen molar-refractivity contribution < 1.29 is 13.9 Å². The second-order valence-electron chi connectivity index (χ2n) is 11.7. The van der Waals surface area contributed by atoms with Crippen molar-refractivity contribution in [3.63, 3.8) is 0 Å². The molecule has 3 heterocycles. The molecule has 4 aliphatic rings. The van der Waals surface area contributed by atoms with E-state index in [1.165, 1.54) is 36.0 Å². The minimum atomic E-state index is -1.01. The number of amides is 1. The summed E-state index contributed by atoms with van der Waals surface area (Å²) in [6.07, 6.45) is 7.05. The van der Waals surface area contributed by atoms with Crippen molar-refractivity contribution in [2.45, 2.75) is 50.0 Å². The molecule has 208 valence electrons. The van der Waals surface area contributed by atoms with Crippen LogP contribution in [0.5, 0.6) is 6.01 Å².